The van der Waals surface area contributed by atoms with Gasteiger partial charge in [-0.3, -0.25) is 14.6 Å². The molecule has 0 atom stereocenters. The third kappa shape index (κ3) is 6.21. The summed E-state index contributed by atoms with van der Waals surface area (Å²) in [6.07, 6.45) is 2.74. The summed E-state index contributed by atoms with van der Waals surface area (Å²) in [5.74, 6) is -0.142. The van der Waals surface area contributed by atoms with Crippen molar-refractivity contribution in [2.75, 3.05) is 51.1 Å². The van der Waals surface area contributed by atoms with Crippen molar-refractivity contribution in [3.05, 3.63) is 59.7 Å². The van der Waals surface area contributed by atoms with Crippen LogP contribution in [-0.2, 0) is 21.4 Å². The molecule has 1 amide bonds. The molecule has 2 aromatic rings. The predicted molar refractivity (Wildman–Crippen MR) is 131 cm³/mol. The Morgan fingerprint density at radius 3 is 2.35 bits per heavy atom. The molecule has 2 fully saturated rings. The third-order valence-corrected chi connectivity index (χ3v) is 8.25. The molecule has 0 bridgehead atoms. The van der Waals surface area contributed by atoms with E-state index in [0.717, 1.165) is 52.0 Å². The molecule has 8 nitrogen and oxygen atoms in total. The van der Waals surface area contributed by atoms with Crippen LogP contribution in [0.4, 0.5) is 5.69 Å². The van der Waals surface area contributed by atoms with E-state index in [1.807, 2.05) is 24.3 Å². The summed E-state index contributed by atoms with van der Waals surface area (Å²) in [5.41, 5.74) is 2.34. The highest BCUT2D eigenvalue weighted by Crippen LogP contribution is 2.23. The highest BCUT2D eigenvalue weighted by atomic mass is 32.2. The molecule has 2 aliphatic heterocycles. The Hall–Kier alpha value is -2.77. The normalized spacial score (nSPS) is 18.3. The van der Waals surface area contributed by atoms with Gasteiger partial charge in [-0.1, -0.05) is 18.2 Å². The Morgan fingerprint density at radius 1 is 0.912 bits per heavy atom. The monoisotopic (exact) mass is 481 g/mol. The zero-order valence-corrected chi connectivity index (χ0v) is 20.1. The molecule has 180 valence electrons. The van der Waals surface area contributed by atoms with Gasteiger partial charge in [-0.05, 0) is 68.2 Å². The average molecular weight is 482 g/mol. The van der Waals surface area contributed by atoms with Crippen LogP contribution in [0.15, 0.2) is 53.4 Å². The van der Waals surface area contributed by atoms with E-state index in [1.54, 1.807) is 24.3 Å². The smallest absolute Gasteiger partial charge is 0.243 e. The van der Waals surface area contributed by atoms with Crippen molar-refractivity contribution in [3.63, 3.8) is 0 Å². The van der Waals surface area contributed by atoms with Crippen LogP contribution in [0, 0.1) is 11.3 Å². The average Bonchev–Trinajstić information content (AvgIpc) is 3.30. The van der Waals surface area contributed by atoms with E-state index >= 15 is 0 Å². The van der Waals surface area contributed by atoms with E-state index in [-0.39, 0.29) is 17.3 Å². The van der Waals surface area contributed by atoms with E-state index in [0.29, 0.717) is 24.3 Å². The summed E-state index contributed by atoms with van der Waals surface area (Å²) in [5, 5.41) is 11.8. The van der Waals surface area contributed by atoms with Crippen LogP contribution in [0.1, 0.15) is 30.4 Å². The minimum absolute atomic E-state index is 0.142. The zero-order chi connectivity index (χ0) is 24.0. The number of carbonyl (C=O) groups excluding carboxylic acids is 1. The number of hydrogen-bond acceptors (Lipinski definition) is 6. The Bertz CT molecular complexity index is 1140. The third-order valence-electron chi connectivity index (χ3n) is 6.36. The van der Waals surface area contributed by atoms with E-state index in [1.165, 1.54) is 9.87 Å². The maximum atomic E-state index is 12.8. The van der Waals surface area contributed by atoms with Crippen molar-refractivity contribution in [2.45, 2.75) is 30.7 Å². The summed E-state index contributed by atoms with van der Waals surface area (Å²) in [6.45, 7) is 5.63. The van der Waals surface area contributed by atoms with Crippen molar-refractivity contribution >= 4 is 21.6 Å². The first-order chi connectivity index (χ1) is 16.4. The van der Waals surface area contributed by atoms with Gasteiger partial charge in [-0.15, -0.1) is 0 Å². The number of nitrogens with one attached hydrogen (secondary N) is 1. The lowest BCUT2D eigenvalue weighted by molar-refractivity contribution is -0.117. The Balaban J connectivity index is 1.29. The second-order valence-corrected chi connectivity index (χ2v) is 10.8. The molecule has 0 radical (unpaired) electrons. The SMILES string of the molecule is N#Cc1ccc(CN2CCCN(CC(=O)Nc3cccc(S(=O)(=O)N4CCCC4)c3)CC2)cc1. The molecule has 0 spiro atoms. The first-order valence-corrected chi connectivity index (χ1v) is 13.2. The lowest BCUT2D eigenvalue weighted by Crippen LogP contribution is -2.36. The summed E-state index contributed by atoms with van der Waals surface area (Å²) in [7, 11) is -3.51. The van der Waals surface area contributed by atoms with Crippen LogP contribution >= 0.6 is 0 Å². The number of sulfonamides is 1. The largest absolute Gasteiger partial charge is 0.325 e. The minimum atomic E-state index is -3.51. The van der Waals surface area contributed by atoms with E-state index < -0.39 is 10.0 Å². The van der Waals surface area contributed by atoms with Crippen molar-refractivity contribution in [2.24, 2.45) is 0 Å². The van der Waals surface area contributed by atoms with Crippen LogP contribution in [-0.4, -0.2) is 74.2 Å². The van der Waals surface area contributed by atoms with Gasteiger partial charge in [0.15, 0.2) is 0 Å². The molecular weight excluding hydrogens is 450 g/mol. The molecular formula is C25H31N5O3S. The van der Waals surface area contributed by atoms with Gasteiger partial charge in [-0.2, -0.15) is 9.57 Å². The molecule has 2 saturated heterocycles. The van der Waals surface area contributed by atoms with Gasteiger partial charge in [0.05, 0.1) is 23.1 Å². The standard InChI is InChI=1S/C25H31N5O3S/c26-18-21-7-9-22(10-8-21)19-28-11-4-12-29(16-15-28)20-25(31)27-23-5-3-6-24(17-23)34(32,33)30-13-1-2-14-30/h3,5-10,17H,1-2,4,11-16,19-20H2,(H,27,31). The second-order valence-electron chi connectivity index (χ2n) is 8.90. The van der Waals surface area contributed by atoms with Gasteiger partial charge in [0.25, 0.3) is 0 Å². The van der Waals surface area contributed by atoms with Crippen LogP contribution in [0.5, 0.6) is 0 Å². The van der Waals surface area contributed by atoms with Gasteiger partial charge in [0.2, 0.25) is 15.9 Å². The molecule has 0 aromatic heterocycles. The van der Waals surface area contributed by atoms with Crippen LogP contribution in [0.25, 0.3) is 0 Å². The molecule has 0 saturated carbocycles. The zero-order valence-electron chi connectivity index (χ0n) is 19.3. The van der Waals surface area contributed by atoms with Crippen molar-refractivity contribution < 1.29 is 13.2 Å². The molecule has 2 aliphatic rings. The Labute approximate surface area is 201 Å². The minimum Gasteiger partial charge on any atom is -0.325 e. The maximum Gasteiger partial charge on any atom is 0.243 e. The van der Waals surface area contributed by atoms with E-state index in [2.05, 4.69) is 21.2 Å². The lowest BCUT2D eigenvalue weighted by Gasteiger charge is -2.21. The molecule has 0 unspecified atom stereocenters. The number of rotatable bonds is 7. The van der Waals surface area contributed by atoms with Crippen molar-refractivity contribution in [3.8, 4) is 6.07 Å². The van der Waals surface area contributed by atoms with Gasteiger partial charge in [0.1, 0.15) is 0 Å². The fourth-order valence-electron chi connectivity index (χ4n) is 4.50. The Kier molecular flexibility index (Phi) is 7.95. The second kappa shape index (κ2) is 11.1. The fraction of sp³-hybridized carbons (Fsp3) is 0.440. The first kappa shape index (κ1) is 24.4. The van der Waals surface area contributed by atoms with Crippen LogP contribution < -0.4 is 5.32 Å². The van der Waals surface area contributed by atoms with Crippen LogP contribution in [0.2, 0.25) is 0 Å². The van der Waals surface area contributed by atoms with Gasteiger partial charge in [0, 0.05) is 38.4 Å². The van der Waals surface area contributed by atoms with Crippen LogP contribution in [0.3, 0.4) is 0 Å². The molecule has 4 rings (SSSR count). The number of nitriles is 1. The molecule has 2 aromatic carbocycles. The van der Waals surface area contributed by atoms with Gasteiger partial charge in [-0.25, -0.2) is 8.42 Å². The van der Waals surface area contributed by atoms with E-state index in [9.17, 15) is 13.2 Å². The Morgan fingerprint density at radius 2 is 1.62 bits per heavy atom. The number of hydrogen-bond donors (Lipinski definition) is 1. The van der Waals surface area contributed by atoms with Crippen molar-refractivity contribution in [1.29, 1.82) is 5.26 Å². The molecule has 34 heavy (non-hydrogen) atoms. The lowest BCUT2D eigenvalue weighted by atomic mass is 10.1. The molecule has 0 aliphatic carbocycles. The maximum absolute atomic E-state index is 12.8. The predicted octanol–water partition coefficient (Wildman–Crippen LogP) is 2.49. The number of carbonyl (C=O) groups is 1. The fourth-order valence-corrected chi connectivity index (χ4v) is 6.06. The molecule has 1 N–H and O–H groups in total. The van der Waals surface area contributed by atoms with E-state index in [4.69, 9.17) is 5.26 Å². The topological polar surface area (TPSA) is 96.7 Å². The highest BCUT2D eigenvalue weighted by Gasteiger charge is 2.27. The number of nitrogens with zero attached hydrogens (tertiary/aromatic N) is 4. The molecule has 2 heterocycles. The van der Waals surface area contributed by atoms with Gasteiger partial charge >= 0.3 is 0 Å². The number of benzene rings is 2. The quantitative estimate of drug-likeness (QED) is 0.653. The molecule has 9 heteroatoms. The summed E-state index contributed by atoms with van der Waals surface area (Å²) in [6, 6.07) is 16.3. The number of amides is 1. The van der Waals surface area contributed by atoms with Crippen molar-refractivity contribution in [1.82, 2.24) is 14.1 Å². The van der Waals surface area contributed by atoms with Gasteiger partial charge < -0.3 is 5.32 Å². The highest BCUT2D eigenvalue weighted by molar-refractivity contribution is 7.89. The first-order valence-electron chi connectivity index (χ1n) is 11.8. The summed E-state index contributed by atoms with van der Waals surface area (Å²) >= 11 is 0. The number of anilines is 1. The summed E-state index contributed by atoms with van der Waals surface area (Å²) in [4.78, 5) is 17.4. The summed E-state index contributed by atoms with van der Waals surface area (Å²) < 4.78 is 27.1.